The summed E-state index contributed by atoms with van der Waals surface area (Å²) in [5, 5.41) is 0. The maximum atomic E-state index is 13.1. The third-order valence-electron chi connectivity index (χ3n) is 4.39. The standard InChI is InChI=1S/C20H15FN4O2/c1-25-10-12(18(26)11-5-7-13(21)8-6-11)9-16(25)20-23-15-4-2-3-14(19(22)27)17(15)24-20/h2-10H,1H3,(H2,22,27)(H,23,24). The molecule has 0 saturated heterocycles. The van der Waals surface area contributed by atoms with Crippen molar-refractivity contribution in [1.82, 2.24) is 14.5 Å². The van der Waals surface area contributed by atoms with Crippen LogP contribution in [-0.4, -0.2) is 26.2 Å². The Morgan fingerprint density at radius 1 is 1.11 bits per heavy atom. The molecule has 4 rings (SSSR count). The zero-order valence-electron chi connectivity index (χ0n) is 14.4. The number of para-hydroxylation sites is 1. The summed E-state index contributed by atoms with van der Waals surface area (Å²) < 4.78 is 14.8. The van der Waals surface area contributed by atoms with Gasteiger partial charge < -0.3 is 15.3 Å². The number of hydrogen-bond donors (Lipinski definition) is 2. The van der Waals surface area contributed by atoms with E-state index < -0.39 is 11.7 Å². The predicted octanol–water partition coefficient (Wildman–Crippen LogP) is 3.04. The number of rotatable bonds is 4. The predicted molar refractivity (Wildman–Crippen MR) is 98.9 cm³/mol. The molecule has 0 fully saturated rings. The quantitative estimate of drug-likeness (QED) is 0.546. The molecule has 0 radical (unpaired) electrons. The van der Waals surface area contributed by atoms with Gasteiger partial charge in [-0.15, -0.1) is 0 Å². The van der Waals surface area contributed by atoms with Gasteiger partial charge in [-0.2, -0.15) is 0 Å². The third kappa shape index (κ3) is 2.89. The molecule has 0 bridgehead atoms. The second kappa shape index (κ2) is 6.21. The SMILES string of the molecule is Cn1cc(C(=O)c2ccc(F)cc2)cc1-c1nc2c(C(N)=O)cccc2[nH]1. The summed E-state index contributed by atoms with van der Waals surface area (Å²) >= 11 is 0. The lowest BCUT2D eigenvalue weighted by Gasteiger charge is -1.97. The fourth-order valence-electron chi connectivity index (χ4n) is 3.04. The second-order valence-electron chi connectivity index (χ2n) is 6.21. The Balaban J connectivity index is 1.76. The number of nitrogens with zero attached hydrogens (tertiary/aromatic N) is 2. The van der Waals surface area contributed by atoms with Crippen LogP contribution in [0.15, 0.2) is 54.7 Å². The number of hydrogen-bond acceptors (Lipinski definition) is 3. The number of ketones is 1. The molecule has 27 heavy (non-hydrogen) atoms. The topological polar surface area (TPSA) is 93.8 Å². The van der Waals surface area contributed by atoms with Crippen LogP contribution in [0.2, 0.25) is 0 Å². The van der Waals surface area contributed by atoms with E-state index in [0.29, 0.717) is 39.2 Å². The minimum atomic E-state index is -0.558. The fourth-order valence-corrected chi connectivity index (χ4v) is 3.04. The molecule has 0 saturated carbocycles. The molecule has 2 aromatic carbocycles. The Morgan fingerprint density at radius 3 is 2.56 bits per heavy atom. The Kier molecular flexibility index (Phi) is 3.84. The molecule has 7 heteroatoms. The van der Waals surface area contributed by atoms with Gasteiger partial charge in [0.1, 0.15) is 11.3 Å². The van der Waals surface area contributed by atoms with Crippen molar-refractivity contribution in [1.29, 1.82) is 0 Å². The minimum Gasteiger partial charge on any atom is -0.366 e. The normalized spacial score (nSPS) is 11.0. The number of nitrogens with two attached hydrogens (primary N) is 1. The van der Waals surface area contributed by atoms with Gasteiger partial charge in [0, 0.05) is 24.4 Å². The van der Waals surface area contributed by atoms with Gasteiger partial charge in [-0.05, 0) is 42.5 Å². The minimum absolute atomic E-state index is 0.217. The molecule has 0 spiro atoms. The Bertz CT molecular complexity index is 1190. The van der Waals surface area contributed by atoms with Crippen LogP contribution in [0.1, 0.15) is 26.3 Å². The van der Waals surface area contributed by atoms with Crippen LogP contribution in [0.4, 0.5) is 4.39 Å². The van der Waals surface area contributed by atoms with E-state index in [1.54, 1.807) is 42.1 Å². The van der Waals surface area contributed by atoms with Crippen molar-refractivity contribution >= 4 is 22.7 Å². The molecule has 0 aliphatic carbocycles. The lowest BCUT2D eigenvalue weighted by molar-refractivity contribution is 0.1000. The number of nitrogens with one attached hydrogen (secondary N) is 1. The highest BCUT2D eigenvalue weighted by Gasteiger charge is 2.17. The number of aryl methyl sites for hydroxylation is 1. The first-order valence-electron chi connectivity index (χ1n) is 8.19. The van der Waals surface area contributed by atoms with Gasteiger partial charge in [-0.1, -0.05) is 6.07 Å². The van der Waals surface area contributed by atoms with Gasteiger partial charge in [0.25, 0.3) is 5.91 Å². The largest absolute Gasteiger partial charge is 0.366 e. The molecule has 0 atom stereocenters. The summed E-state index contributed by atoms with van der Waals surface area (Å²) in [5.41, 5.74) is 8.41. The van der Waals surface area contributed by atoms with Crippen molar-refractivity contribution < 1.29 is 14.0 Å². The maximum absolute atomic E-state index is 13.1. The van der Waals surface area contributed by atoms with E-state index in [1.165, 1.54) is 24.3 Å². The zero-order chi connectivity index (χ0) is 19.1. The first kappa shape index (κ1) is 16.7. The molecule has 3 N–H and O–H groups in total. The monoisotopic (exact) mass is 362 g/mol. The average Bonchev–Trinajstić information content (AvgIpc) is 3.24. The van der Waals surface area contributed by atoms with Crippen LogP contribution in [-0.2, 0) is 7.05 Å². The lowest BCUT2D eigenvalue weighted by Crippen LogP contribution is -2.11. The number of primary amides is 1. The first-order chi connectivity index (χ1) is 12.9. The number of benzene rings is 2. The summed E-state index contributed by atoms with van der Waals surface area (Å²) in [6.07, 6.45) is 1.68. The Morgan fingerprint density at radius 2 is 1.85 bits per heavy atom. The number of carbonyl (C=O) groups excluding carboxylic acids is 2. The number of carbonyl (C=O) groups is 2. The first-order valence-corrected chi connectivity index (χ1v) is 8.19. The van der Waals surface area contributed by atoms with Crippen molar-refractivity contribution in [3.8, 4) is 11.5 Å². The van der Waals surface area contributed by atoms with Gasteiger partial charge >= 0.3 is 0 Å². The van der Waals surface area contributed by atoms with Crippen molar-refractivity contribution in [2.24, 2.45) is 12.8 Å². The van der Waals surface area contributed by atoms with Crippen LogP contribution in [0, 0.1) is 5.82 Å². The van der Waals surface area contributed by atoms with Crippen LogP contribution in [0.25, 0.3) is 22.6 Å². The molecule has 1 amide bonds. The summed E-state index contributed by atoms with van der Waals surface area (Å²) in [5.74, 6) is -0.657. The van der Waals surface area contributed by atoms with E-state index in [9.17, 15) is 14.0 Å². The van der Waals surface area contributed by atoms with E-state index in [4.69, 9.17) is 5.73 Å². The number of halogens is 1. The lowest BCUT2D eigenvalue weighted by atomic mass is 10.1. The summed E-state index contributed by atoms with van der Waals surface area (Å²) in [4.78, 5) is 31.9. The van der Waals surface area contributed by atoms with Crippen molar-refractivity contribution in [2.45, 2.75) is 0 Å². The smallest absolute Gasteiger partial charge is 0.250 e. The molecule has 4 aromatic rings. The van der Waals surface area contributed by atoms with Crippen LogP contribution in [0.5, 0.6) is 0 Å². The van der Waals surface area contributed by atoms with E-state index >= 15 is 0 Å². The highest BCUT2D eigenvalue weighted by atomic mass is 19.1. The number of H-pyrrole nitrogens is 1. The average molecular weight is 362 g/mol. The number of fused-ring (bicyclic) bond motifs is 1. The van der Waals surface area contributed by atoms with Crippen molar-refractivity contribution in [2.75, 3.05) is 0 Å². The molecule has 134 valence electrons. The van der Waals surface area contributed by atoms with Gasteiger partial charge in [0.2, 0.25) is 0 Å². The second-order valence-corrected chi connectivity index (χ2v) is 6.21. The third-order valence-corrected chi connectivity index (χ3v) is 4.39. The molecule has 0 aliphatic rings. The molecule has 2 aromatic heterocycles. The molecule has 6 nitrogen and oxygen atoms in total. The number of aromatic amines is 1. The summed E-state index contributed by atoms with van der Waals surface area (Å²) in [6, 6.07) is 12.2. The molecule has 0 unspecified atom stereocenters. The highest BCUT2D eigenvalue weighted by molar-refractivity contribution is 6.09. The van der Waals surface area contributed by atoms with E-state index in [2.05, 4.69) is 9.97 Å². The van der Waals surface area contributed by atoms with Gasteiger partial charge in [0.05, 0.1) is 16.8 Å². The van der Waals surface area contributed by atoms with E-state index in [0.717, 1.165) is 0 Å². The highest BCUT2D eigenvalue weighted by Crippen LogP contribution is 2.25. The summed E-state index contributed by atoms with van der Waals surface area (Å²) in [7, 11) is 1.79. The van der Waals surface area contributed by atoms with Crippen LogP contribution >= 0.6 is 0 Å². The Labute approximate surface area is 153 Å². The number of imidazole rings is 1. The zero-order valence-corrected chi connectivity index (χ0v) is 14.4. The number of amides is 1. The number of aromatic nitrogens is 3. The fraction of sp³-hybridized carbons (Fsp3) is 0.0500. The van der Waals surface area contributed by atoms with Crippen molar-refractivity contribution in [3.05, 3.63) is 77.2 Å². The van der Waals surface area contributed by atoms with Crippen LogP contribution in [0.3, 0.4) is 0 Å². The molecule has 0 aliphatic heterocycles. The van der Waals surface area contributed by atoms with Crippen molar-refractivity contribution in [3.63, 3.8) is 0 Å². The van der Waals surface area contributed by atoms with E-state index in [1.807, 2.05) is 0 Å². The molecular weight excluding hydrogens is 347 g/mol. The van der Waals surface area contributed by atoms with Gasteiger partial charge in [-0.3, -0.25) is 9.59 Å². The maximum Gasteiger partial charge on any atom is 0.250 e. The van der Waals surface area contributed by atoms with Gasteiger partial charge in [-0.25, -0.2) is 9.37 Å². The summed E-state index contributed by atoms with van der Waals surface area (Å²) in [6.45, 7) is 0. The van der Waals surface area contributed by atoms with E-state index in [-0.39, 0.29) is 5.78 Å². The van der Waals surface area contributed by atoms with Gasteiger partial charge in [0.15, 0.2) is 11.6 Å². The molecule has 2 heterocycles. The van der Waals surface area contributed by atoms with Crippen LogP contribution < -0.4 is 5.73 Å². The molecular formula is C20H15FN4O2. The Hall–Kier alpha value is -3.74.